The maximum atomic E-state index is 4.46. The van der Waals surface area contributed by atoms with Gasteiger partial charge in [0, 0.05) is 19.3 Å². The van der Waals surface area contributed by atoms with Gasteiger partial charge in [0.1, 0.15) is 0 Å². The van der Waals surface area contributed by atoms with Crippen LogP contribution in [0.4, 0.5) is 5.69 Å². The van der Waals surface area contributed by atoms with Crippen molar-refractivity contribution >= 4 is 5.69 Å². The van der Waals surface area contributed by atoms with Crippen LogP contribution in [0.3, 0.4) is 0 Å². The number of aryl methyl sites for hydroxylation is 3. The number of hydrogen-bond acceptors (Lipinski definition) is 2. The number of rotatable bonds is 5. The van der Waals surface area contributed by atoms with E-state index in [1.54, 1.807) is 0 Å². The van der Waals surface area contributed by atoms with Gasteiger partial charge in [-0.05, 0) is 30.9 Å². The second kappa shape index (κ2) is 5.91. The van der Waals surface area contributed by atoms with Crippen LogP contribution in [0.5, 0.6) is 0 Å². The fourth-order valence-electron chi connectivity index (χ4n) is 2.27. The average molecular weight is 257 g/mol. The summed E-state index contributed by atoms with van der Waals surface area (Å²) in [5.74, 6) is 0. The molecule has 0 amide bonds. The van der Waals surface area contributed by atoms with Crippen molar-refractivity contribution in [1.29, 1.82) is 0 Å². The van der Waals surface area contributed by atoms with E-state index < -0.39 is 0 Å². The molecule has 0 aliphatic rings. The van der Waals surface area contributed by atoms with Crippen molar-refractivity contribution in [3.63, 3.8) is 0 Å². The smallest absolute Gasteiger partial charge is 0.0853 e. The van der Waals surface area contributed by atoms with Crippen LogP contribution >= 0.6 is 0 Å². The van der Waals surface area contributed by atoms with E-state index in [0.717, 1.165) is 24.2 Å². The summed E-state index contributed by atoms with van der Waals surface area (Å²) in [4.78, 5) is 0. The van der Waals surface area contributed by atoms with Gasteiger partial charge in [-0.25, -0.2) is 0 Å². The summed E-state index contributed by atoms with van der Waals surface area (Å²) in [6, 6.07) is 9.12. The summed E-state index contributed by atoms with van der Waals surface area (Å²) < 4.78 is 1.87. The van der Waals surface area contributed by atoms with Gasteiger partial charge >= 0.3 is 0 Å². The van der Waals surface area contributed by atoms with E-state index in [-0.39, 0.29) is 0 Å². The Balaban J connectivity index is 2.12. The van der Waals surface area contributed by atoms with Crippen molar-refractivity contribution in [2.75, 3.05) is 5.32 Å². The van der Waals surface area contributed by atoms with Crippen molar-refractivity contribution in [1.82, 2.24) is 9.78 Å². The molecule has 102 valence electrons. The zero-order valence-electron chi connectivity index (χ0n) is 12.3. The quantitative estimate of drug-likeness (QED) is 0.884. The van der Waals surface area contributed by atoms with Crippen molar-refractivity contribution < 1.29 is 0 Å². The third kappa shape index (κ3) is 3.16. The molecule has 0 bridgehead atoms. The van der Waals surface area contributed by atoms with Gasteiger partial charge in [0.15, 0.2) is 0 Å². The van der Waals surface area contributed by atoms with Crippen molar-refractivity contribution in [3.05, 3.63) is 47.3 Å². The van der Waals surface area contributed by atoms with Crippen LogP contribution in [-0.2, 0) is 19.9 Å². The molecule has 3 heteroatoms. The van der Waals surface area contributed by atoms with Gasteiger partial charge in [0.2, 0.25) is 0 Å². The Hall–Kier alpha value is -1.77. The molecule has 1 N–H and O–H groups in total. The highest BCUT2D eigenvalue weighted by molar-refractivity contribution is 5.48. The monoisotopic (exact) mass is 257 g/mol. The number of nitrogens with one attached hydrogen (secondary N) is 1. The summed E-state index contributed by atoms with van der Waals surface area (Å²) in [6.45, 7) is 6.50. The summed E-state index contributed by atoms with van der Waals surface area (Å²) in [5, 5.41) is 8.01. The third-order valence-electron chi connectivity index (χ3n) is 3.50. The number of anilines is 1. The molecule has 2 aromatic rings. The van der Waals surface area contributed by atoms with Gasteiger partial charge in [-0.15, -0.1) is 0 Å². The summed E-state index contributed by atoms with van der Waals surface area (Å²) in [6.07, 6.45) is 4.09. The molecule has 1 unspecified atom stereocenters. The number of hydrogen-bond donors (Lipinski definition) is 1. The highest BCUT2D eigenvalue weighted by Crippen LogP contribution is 2.22. The first kappa shape index (κ1) is 13.7. The molecule has 1 heterocycles. The zero-order chi connectivity index (χ0) is 13.8. The first-order chi connectivity index (χ1) is 9.13. The molecule has 0 saturated carbocycles. The molecular weight excluding hydrogens is 234 g/mol. The minimum absolute atomic E-state index is 0.292. The predicted molar refractivity (Wildman–Crippen MR) is 80.4 cm³/mol. The highest BCUT2D eigenvalue weighted by Gasteiger charge is 2.10. The van der Waals surface area contributed by atoms with E-state index in [0.29, 0.717) is 6.04 Å². The molecule has 0 aliphatic carbocycles. The fraction of sp³-hybridized carbons (Fsp3) is 0.438. The van der Waals surface area contributed by atoms with E-state index in [1.807, 2.05) is 11.7 Å². The highest BCUT2D eigenvalue weighted by atomic mass is 15.3. The minimum Gasteiger partial charge on any atom is -0.376 e. The second-order valence-electron chi connectivity index (χ2n) is 4.98. The predicted octanol–water partition coefficient (Wildman–Crippen LogP) is 3.72. The lowest BCUT2D eigenvalue weighted by molar-refractivity contribution is 0.746. The summed E-state index contributed by atoms with van der Waals surface area (Å²) >= 11 is 0. The van der Waals surface area contributed by atoms with Crippen LogP contribution in [0, 0.1) is 0 Å². The molecule has 0 spiro atoms. The summed E-state index contributed by atoms with van der Waals surface area (Å²) in [5.41, 5.74) is 4.95. The molecule has 0 saturated heterocycles. The van der Waals surface area contributed by atoms with Crippen LogP contribution in [-0.4, -0.2) is 9.78 Å². The molecule has 0 fully saturated rings. The van der Waals surface area contributed by atoms with Gasteiger partial charge < -0.3 is 5.32 Å². The Morgan fingerprint density at radius 2 is 1.84 bits per heavy atom. The lowest BCUT2D eigenvalue weighted by Gasteiger charge is -2.15. The largest absolute Gasteiger partial charge is 0.376 e. The first-order valence-electron chi connectivity index (χ1n) is 7.02. The minimum atomic E-state index is 0.292. The van der Waals surface area contributed by atoms with E-state index in [2.05, 4.69) is 61.6 Å². The molecule has 3 nitrogen and oxygen atoms in total. The Morgan fingerprint density at radius 1 is 1.16 bits per heavy atom. The number of benzene rings is 1. The van der Waals surface area contributed by atoms with Crippen molar-refractivity contribution in [2.24, 2.45) is 7.05 Å². The third-order valence-corrected chi connectivity index (χ3v) is 3.50. The Labute approximate surface area is 115 Å². The molecule has 0 aliphatic heterocycles. The standard InChI is InChI=1S/C16H23N3/c1-5-13-7-9-14(10-8-13)12(3)17-16-11-19(4)18-15(16)6-2/h7-12,17H,5-6H2,1-4H3. The Bertz CT molecular complexity index is 525. The Kier molecular flexibility index (Phi) is 4.25. The van der Waals surface area contributed by atoms with Gasteiger partial charge in [0.05, 0.1) is 11.4 Å². The van der Waals surface area contributed by atoms with Crippen LogP contribution < -0.4 is 5.32 Å². The SMILES string of the molecule is CCc1ccc(C(C)Nc2cn(C)nc2CC)cc1. The topological polar surface area (TPSA) is 29.9 Å². The fourth-order valence-corrected chi connectivity index (χ4v) is 2.27. The van der Waals surface area contributed by atoms with Crippen LogP contribution in [0.15, 0.2) is 30.5 Å². The van der Waals surface area contributed by atoms with Crippen LogP contribution in [0.25, 0.3) is 0 Å². The molecular formula is C16H23N3. The molecule has 1 atom stereocenters. The molecule has 1 aromatic heterocycles. The lowest BCUT2D eigenvalue weighted by Crippen LogP contribution is -2.07. The van der Waals surface area contributed by atoms with Crippen LogP contribution in [0.1, 0.15) is 43.6 Å². The molecule has 1 aromatic carbocycles. The van der Waals surface area contributed by atoms with E-state index in [9.17, 15) is 0 Å². The Morgan fingerprint density at radius 3 is 2.42 bits per heavy atom. The van der Waals surface area contributed by atoms with E-state index in [1.165, 1.54) is 11.1 Å². The zero-order valence-corrected chi connectivity index (χ0v) is 12.3. The van der Waals surface area contributed by atoms with Gasteiger partial charge in [-0.2, -0.15) is 5.10 Å². The van der Waals surface area contributed by atoms with Crippen molar-refractivity contribution in [2.45, 2.75) is 39.7 Å². The molecule has 0 radical (unpaired) electrons. The summed E-state index contributed by atoms with van der Waals surface area (Å²) in [7, 11) is 1.96. The van der Waals surface area contributed by atoms with Crippen molar-refractivity contribution in [3.8, 4) is 0 Å². The normalized spacial score (nSPS) is 12.4. The maximum absolute atomic E-state index is 4.46. The lowest BCUT2D eigenvalue weighted by atomic mass is 10.0. The number of aromatic nitrogens is 2. The van der Waals surface area contributed by atoms with E-state index in [4.69, 9.17) is 0 Å². The first-order valence-corrected chi connectivity index (χ1v) is 7.02. The van der Waals surface area contributed by atoms with E-state index >= 15 is 0 Å². The van der Waals surface area contributed by atoms with Gasteiger partial charge in [0.25, 0.3) is 0 Å². The van der Waals surface area contributed by atoms with Gasteiger partial charge in [-0.3, -0.25) is 4.68 Å². The maximum Gasteiger partial charge on any atom is 0.0853 e. The average Bonchev–Trinajstić information content (AvgIpc) is 2.78. The molecule has 19 heavy (non-hydrogen) atoms. The number of nitrogens with zero attached hydrogens (tertiary/aromatic N) is 2. The van der Waals surface area contributed by atoms with Crippen LogP contribution in [0.2, 0.25) is 0 Å². The van der Waals surface area contributed by atoms with Gasteiger partial charge in [-0.1, -0.05) is 38.1 Å². The molecule has 2 rings (SSSR count). The second-order valence-corrected chi connectivity index (χ2v) is 4.98.